The van der Waals surface area contributed by atoms with Crippen LogP contribution in [-0.2, 0) is 7.05 Å². The molecule has 0 saturated carbocycles. The van der Waals surface area contributed by atoms with E-state index >= 15 is 0 Å². The van der Waals surface area contributed by atoms with Gasteiger partial charge in [-0.15, -0.1) is 5.10 Å². The summed E-state index contributed by atoms with van der Waals surface area (Å²) in [5.41, 5.74) is 0.680. The highest BCUT2D eigenvalue weighted by Crippen LogP contribution is 2.02. The standard InChI is InChI=1S/C6H7N5OS/c1-10-4-5(8-9-10)7-3-11(13-2)6(4)12/h3H,1-2H3. The van der Waals surface area contributed by atoms with Crippen molar-refractivity contribution < 1.29 is 0 Å². The zero-order valence-corrected chi connectivity index (χ0v) is 7.95. The van der Waals surface area contributed by atoms with Crippen LogP contribution in [0.1, 0.15) is 0 Å². The van der Waals surface area contributed by atoms with Crippen molar-refractivity contribution in [3.8, 4) is 0 Å². The fourth-order valence-corrected chi connectivity index (χ4v) is 1.45. The number of fused-ring (bicyclic) bond motifs is 1. The summed E-state index contributed by atoms with van der Waals surface area (Å²) in [6.07, 6.45) is 3.25. The average molecular weight is 197 g/mol. The van der Waals surface area contributed by atoms with Crippen LogP contribution in [0.2, 0.25) is 0 Å². The van der Waals surface area contributed by atoms with Gasteiger partial charge in [0.15, 0.2) is 5.52 Å². The van der Waals surface area contributed by atoms with E-state index in [1.807, 2.05) is 0 Å². The molecule has 0 fully saturated rings. The lowest BCUT2D eigenvalue weighted by molar-refractivity contribution is 0.733. The van der Waals surface area contributed by atoms with E-state index in [-0.39, 0.29) is 5.56 Å². The maximum absolute atomic E-state index is 11.6. The van der Waals surface area contributed by atoms with E-state index in [1.165, 1.54) is 26.9 Å². The fraction of sp³-hybridized carbons (Fsp3) is 0.333. The van der Waals surface area contributed by atoms with Crippen molar-refractivity contribution in [3.05, 3.63) is 16.7 Å². The lowest BCUT2D eigenvalue weighted by Crippen LogP contribution is -2.17. The molecular formula is C6H7N5OS. The van der Waals surface area contributed by atoms with Crippen LogP contribution in [0.3, 0.4) is 0 Å². The van der Waals surface area contributed by atoms with Crippen LogP contribution in [-0.4, -0.2) is 30.2 Å². The molecule has 2 aromatic heterocycles. The second-order valence-corrected chi connectivity index (χ2v) is 3.20. The highest BCUT2D eigenvalue weighted by Gasteiger charge is 2.08. The number of hydrogen-bond acceptors (Lipinski definition) is 5. The van der Waals surface area contributed by atoms with Crippen molar-refractivity contribution in [1.29, 1.82) is 0 Å². The highest BCUT2D eigenvalue weighted by atomic mass is 32.2. The Hall–Kier alpha value is -1.37. The minimum absolute atomic E-state index is 0.134. The van der Waals surface area contributed by atoms with E-state index in [1.54, 1.807) is 13.3 Å². The van der Waals surface area contributed by atoms with Gasteiger partial charge in [-0.3, -0.25) is 4.79 Å². The van der Waals surface area contributed by atoms with Crippen LogP contribution < -0.4 is 5.56 Å². The molecule has 0 aliphatic rings. The summed E-state index contributed by atoms with van der Waals surface area (Å²) in [5, 5.41) is 7.45. The Morgan fingerprint density at radius 1 is 1.54 bits per heavy atom. The molecule has 2 rings (SSSR count). The summed E-state index contributed by atoms with van der Waals surface area (Å²) in [7, 11) is 1.67. The van der Waals surface area contributed by atoms with E-state index < -0.39 is 0 Å². The summed E-state index contributed by atoms with van der Waals surface area (Å²) >= 11 is 1.30. The first kappa shape index (κ1) is 8.24. The predicted octanol–water partition coefficient (Wildman–Crippen LogP) is -0.349. The summed E-state index contributed by atoms with van der Waals surface area (Å²) in [5.74, 6) is 0. The van der Waals surface area contributed by atoms with Gasteiger partial charge in [-0.25, -0.2) is 13.6 Å². The molecule has 0 aromatic carbocycles. The largest absolute Gasteiger partial charge is 0.291 e. The van der Waals surface area contributed by atoms with E-state index in [2.05, 4.69) is 15.3 Å². The quantitative estimate of drug-likeness (QED) is 0.625. The molecule has 0 spiro atoms. The van der Waals surface area contributed by atoms with Gasteiger partial charge < -0.3 is 0 Å². The highest BCUT2D eigenvalue weighted by molar-refractivity contribution is 7.97. The van der Waals surface area contributed by atoms with Crippen molar-refractivity contribution in [2.45, 2.75) is 0 Å². The molecule has 13 heavy (non-hydrogen) atoms. The second-order valence-electron chi connectivity index (χ2n) is 2.44. The topological polar surface area (TPSA) is 65.6 Å². The van der Waals surface area contributed by atoms with Crippen molar-refractivity contribution in [3.63, 3.8) is 0 Å². The van der Waals surface area contributed by atoms with Gasteiger partial charge in [-0.05, 0) is 11.9 Å². The lowest BCUT2D eigenvalue weighted by atomic mass is 10.5. The molecule has 7 heteroatoms. The molecule has 2 aromatic rings. The molecule has 0 saturated heterocycles. The van der Waals surface area contributed by atoms with Crippen LogP contribution in [0.4, 0.5) is 0 Å². The Kier molecular flexibility index (Phi) is 1.80. The first-order chi connectivity index (χ1) is 6.24. The molecule has 0 aliphatic carbocycles. The Morgan fingerprint density at radius 2 is 2.31 bits per heavy atom. The van der Waals surface area contributed by atoms with E-state index in [0.717, 1.165) is 0 Å². The minimum atomic E-state index is -0.134. The number of rotatable bonds is 1. The molecule has 0 atom stereocenters. The Labute approximate surface area is 77.7 Å². The average Bonchev–Trinajstić information content (AvgIpc) is 2.49. The molecule has 68 valence electrons. The van der Waals surface area contributed by atoms with Crippen LogP contribution >= 0.6 is 11.9 Å². The van der Waals surface area contributed by atoms with Crippen molar-refractivity contribution >= 4 is 23.1 Å². The van der Waals surface area contributed by atoms with Crippen LogP contribution in [0.5, 0.6) is 0 Å². The molecule has 0 amide bonds. The van der Waals surface area contributed by atoms with Crippen LogP contribution in [0.15, 0.2) is 11.1 Å². The number of hydrogen-bond donors (Lipinski definition) is 0. The van der Waals surface area contributed by atoms with Gasteiger partial charge in [0, 0.05) is 13.3 Å². The van der Waals surface area contributed by atoms with Gasteiger partial charge in [0.05, 0.1) is 0 Å². The van der Waals surface area contributed by atoms with Crippen LogP contribution in [0.25, 0.3) is 11.2 Å². The number of nitrogens with zero attached hydrogens (tertiary/aromatic N) is 5. The molecule has 6 nitrogen and oxygen atoms in total. The normalized spacial score (nSPS) is 10.9. The van der Waals surface area contributed by atoms with Gasteiger partial charge >= 0.3 is 0 Å². The fourth-order valence-electron chi connectivity index (χ4n) is 1.06. The summed E-state index contributed by atoms with van der Waals surface area (Å²) < 4.78 is 2.86. The molecular weight excluding hydrogens is 190 g/mol. The number of aromatic nitrogens is 5. The molecule has 0 aliphatic heterocycles. The molecule has 0 radical (unpaired) electrons. The summed E-state index contributed by atoms with van der Waals surface area (Å²) in [4.78, 5) is 15.6. The van der Waals surface area contributed by atoms with Gasteiger partial charge in [0.25, 0.3) is 5.56 Å². The van der Waals surface area contributed by atoms with Gasteiger partial charge in [0.1, 0.15) is 6.33 Å². The Balaban J connectivity index is 2.92. The third-order valence-electron chi connectivity index (χ3n) is 1.69. The monoisotopic (exact) mass is 197 g/mol. The molecule has 0 unspecified atom stereocenters. The third kappa shape index (κ3) is 1.12. The van der Waals surface area contributed by atoms with Crippen molar-refractivity contribution in [1.82, 2.24) is 24.0 Å². The molecule has 0 bridgehead atoms. The van der Waals surface area contributed by atoms with E-state index in [9.17, 15) is 4.79 Å². The second kappa shape index (κ2) is 2.84. The SMILES string of the molecule is CSn1cnc2nnn(C)c2c1=O. The van der Waals surface area contributed by atoms with Gasteiger partial charge in [-0.2, -0.15) is 0 Å². The van der Waals surface area contributed by atoms with E-state index in [4.69, 9.17) is 0 Å². The zero-order chi connectivity index (χ0) is 9.42. The van der Waals surface area contributed by atoms with Crippen molar-refractivity contribution in [2.24, 2.45) is 7.05 Å². The van der Waals surface area contributed by atoms with Crippen molar-refractivity contribution in [2.75, 3.05) is 6.26 Å². The van der Waals surface area contributed by atoms with Gasteiger partial charge in [-0.1, -0.05) is 5.21 Å². The summed E-state index contributed by atoms with van der Waals surface area (Å²) in [6.45, 7) is 0. The molecule has 0 N–H and O–H groups in total. The van der Waals surface area contributed by atoms with Crippen LogP contribution in [0, 0.1) is 0 Å². The lowest BCUT2D eigenvalue weighted by Gasteiger charge is -1.97. The molecule has 2 heterocycles. The maximum atomic E-state index is 11.6. The zero-order valence-electron chi connectivity index (χ0n) is 7.13. The minimum Gasteiger partial charge on any atom is -0.266 e. The smallest absolute Gasteiger partial charge is 0.266 e. The Morgan fingerprint density at radius 3 is 3.00 bits per heavy atom. The Bertz CT molecular complexity index is 501. The third-order valence-corrected chi connectivity index (χ3v) is 2.35. The maximum Gasteiger partial charge on any atom is 0.291 e. The van der Waals surface area contributed by atoms with Gasteiger partial charge in [0.2, 0.25) is 5.65 Å². The first-order valence-corrected chi connectivity index (χ1v) is 4.73. The predicted molar refractivity (Wildman–Crippen MR) is 49.5 cm³/mol. The summed E-state index contributed by atoms with van der Waals surface area (Å²) in [6, 6.07) is 0. The first-order valence-electron chi connectivity index (χ1n) is 3.55. The number of aryl methyl sites for hydroxylation is 1. The van der Waals surface area contributed by atoms with E-state index in [0.29, 0.717) is 11.2 Å².